The predicted molar refractivity (Wildman–Crippen MR) is 93.7 cm³/mol. The number of carbonyl (C=O) groups excluding carboxylic acids is 1. The van der Waals surface area contributed by atoms with Crippen LogP contribution in [0.4, 0.5) is 17.1 Å². The summed E-state index contributed by atoms with van der Waals surface area (Å²) < 4.78 is 0. The topological polar surface area (TPSA) is 71.2 Å². The normalized spacial score (nSPS) is 15.4. The molecule has 0 radical (unpaired) electrons. The molecule has 1 aromatic heterocycles. The van der Waals surface area contributed by atoms with Gasteiger partial charge in [-0.15, -0.1) is 0 Å². The minimum atomic E-state index is -0.204. The van der Waals surface area contributed by atoms with Crippen LogP contribution in [0.3, 0.4) is 0 Å². The summed E-state index contributed by atoms with van der Waals surface area (Å²) in [4.78, 5) is 18.5. The van der Waals surface area contributed by atoms with E-state index in [9.17, 15) is 4.79 Å². The molecular weight excluding hydrogens is 288 g/mol. The van der Waals surface area contributed by atoms with Crippen LogP contribution in [-0.4, -0.2) is 24.0 Å². The van der Waals surface area contributed by atoms with Crippen molar-refractivity contribution >= 4 is 23.0 Å². The molecule has 1 amide bonds. The molecule has 3 rings (SSSR count). The van der Waals surface area contributed by atoms with Gasteiger partial charge in [0.05, 0.1) is 11.3 Å². The van der Waals surface area contributed by atoms with Gasteiger partial charge in [0.2, 0.25) is 0 Å². The molecule has 23 heavy (non-hydrogen) atoms. The quantitative estimate of drug-likeness (QED) is 0.913. The van der Waals surface area contributed by atoms with E-state index in [0.717, 1.165) is 24.7 Å². The first kappa shape index (κ1) is 15.3. The fraction of sp³-hybridized carbons (Fsp3) is 0.333. The second-order valence-electron chi connectivity index (χ2n) is 6.18. The number of anilines is 3. The Morgan fingerprint density at radius 1 is 1.22 bits per heavy atom. The summed E-state index contributed by atoms with van der Waals surface area (Å²) in [6.45, 7) is 4.50. The van der Waals surface area contributed by atoms with Crippen LogP contribution in [0, 0.1) is 5.92 Å². The van der Waals surface area contributed by atoms with Gasteiger partial charge in [-0.1, -0.05) is 6.92 Å². The zero-order valence-corrected chi connectivity index (χ0v) is 13.3. The van der Waals surface area contributed by atoms with Gasteiger partial charge in [-0.25, -0.2) is 0 Å². The van der Waals surface area contributed by atoms with E-state index in [1.807, 2.05) is 12.1 Å². The van der Waals surface area contributed by atoms with Gasteiger partial charge in [0.1, 0.15) is 0 Å². The molecule has 0 saturated carbocycles. The number of nitrogens with two attached hydrogens (primary N) is 1. The molecule has 3 N–H and O–H groups in total. The van der Waals surface area contributed by atoms with Crippen LogP contribution in [-0.2, 0) is 0 Å². The summed E-state index contributed by atoms with van der Waals surface area (Å²) in [5.74, 6) is 0.612. The van der Waals surface area contributed by atoms with Crippen LogP contribution in [0.1, 0.15) is 30.1 Å². The smallest absolute Gasteiger partial charge is 0.257 e. The lowest BCUT2D eigenvalue weighted by Gasteiger charge is -2.32. The number of amides is 1. The lowest BCUT2D eigenvalue weighted by atomic mass is 9.99. The third-order valence-corrected chi connectivity index (χ3v) is 4.30. The lowest BCUT2D eigenvalue weighted by Crippen LogP contribution is -2.32. The Bertz CT molecular complexity index is 676. The minimum absolute atomic E-state index is 0.204. The summed E-state index contributed by atoms with van der Waals surface area (Å²) in [5, 5.41) is 2.87. The third kappa shape index (κ3) is 3.80. The number of aromatic nitrogens is 1. The summed E-state index contributed by atoms with van der Waals surface area (Å²) in [7, 11) is 0. The van der Waals surface area contributed by atoms with Crippen molar-refractivity contribution in [2.45, 2.75) is 19.8 Å². The highest BCUT2D eigenvalue weighted by Gasteiger charge is 2.16. The Hall–Kier alpha value is -2.56. The Labute approximate surface area is 136 Å². The molecule has 1 aliphatic rings. The molecular formula is C18H22N4O. The zero-order chi connectivity index (χ0) is 16.2. The van der Waals surface area contributed by atoms with Crippen molar-refractivity contribution in [1.82, 2.24) is 4.98 Å². The van der Waals surface area contributed by atoms with Crippen LogP contribution in [0.15, 0.2) is 42.7 Å². The maximum absolute atomic E-state index is 12.2. The molecule has 0 aliphatic carbocycles. The number of hydrogen-bond acceptors (Lipinski definition) is 4. The van der Waals surface area contributed by atoms with Crippen molar-refractivity contribution in [1.29, 1.82) is 0 Å². The van der Waals surface area contributed by atoms with E-state index >= 15 is 0 Å². The number of nitrogens with zero attached hydrogens (tertiary/aromatic N) is 2. The lowest BCUT2D eigenvalue weighted by molar-refractivity contribution is 0.102. The SMILES string of the molecule is CC1CCN(c2ccc(NC(=O)c3cncc(N)c3)cc2)CC1. The Balaban J connectivity index is 1.64. The Morgan fingerprint density at radius 2 is 1.91 bits per heavy atom. The molecule has 5 nitrogen and oxygen atoms in total. The fourth-order valence-corrected chi connectivity index (χ4v) is 2.81. The van der Waals surface area contributed by atoms with Crippen molar-refractivity contribution in [3.8, 4) is 0 Å². The molecule has 120 valence electrons. The molecule has 1 saturated heterocycles. The first-order chi connectivity index (χ1) is 11.1. The van der Waals surface area contributed by atoms with E-state index < -0.39 is 0 Å². The van der Waals surface area contributed by atoms with Crippen LogP contribution in [0.25, 0.3) is 0 Å². The highest BCUT2D eigenvalue weighted by molar-refractivity contribution is 6.04. The van der Waals surface area contributed by atoms with Gasteiger partial charge in [0.15, 0.2) is 0 Å². The molecule has 2 aromatic rings. The van der Waals surface area contributed by atoms with E-state index in [4.69, 9.17) is 5.73 Å². The Kier molecular flexibility index (Phi) is 4.46. The third-order valence-electron chi connectivity index (χ3n) is 4.30. The second-order valence-corrected chi connectivity index (χ2v) is 6.18. The Morgan fingerprint density at radius 3 is 2.57 bits per heavy atom. The van der Waals surface area contributed by atoms with Crippen molar-refractivity contribution in [3.63, 3.8) is 0 Å². The van der Waals surface area contributed by atoms with Gasteiger partial charge in [0.25, 0.3) is 5.91 Å². The summed E-state index contributed by atoms with van der Waals surface area (Å²) in [6.07, 6.45) is 5.50. The highest BCUT2D eigenvalue weighted by atomic mass is 16.1. The van der Waals surface area contributed by atoms with Crippen LogP contribution >= 0.6 is 0 Å². The van der Waals surface area contributed by atoms with Gasteiger partial charge in [0, 0.05) is 36.9 Å². The first-order valence-electron chi connectivity index (χ1n) is 7.99. The molecule has 5 heteroatoms. The van der Waals surface area contributed by atoms with E-state index in [-0.39, 0.29) is 5.91 Å². The van der Waals surface area contributed by atoms with Gasteiger partial charge >= 0.3 is 0 Å². The van der Waals surface area contributed by atoms with Crippen molar-refractivity contribution in [2.75, 3.05) is 29.0 Å². The number of piperidine rings is 1. The standard InChI is InChI=1S/C18H22N4O/c1-13-6-8-22(9-7-13)17-4-2-16(3-5-17)21-18(23)14-10-15(19)12-20-11-14/h2-5,10-13H,6-9,19H2,1H3,(H,21,23). The van der Waals surface area contributed by atoms with Gasteiger partial charge in [-0.05, 0) is 49.1 Å². The summed E-state index contributed by atoms with van der Waals surface area (Å²) in [6, 6.07) is 9.61. The molecule has 0 atom stereocenters. The van der Waals surface area contributed by atoms with Gasteiger partial charge in [-0.3, -0.25) is 9.78 Å². The van der Waals surface area contributed by atoms with E-state index in [1.54, 1.807) is 6.07 Å². The minimum Gasteiger partial charge on any atom is -0.397 e. The molecule has 0 spiro atoms. The molecule has 1 aromatic carbocycles. The average Bonchev–Trinajstić information content (AvgIpc) is 2.56. The van der Waals surface area contributed by atoms with E-state index in [2.05, 4.69) is 34.3 Å². The van der Waals surface area contributed by atoms with Gasteiger partial charge < -0.3 is 16.0 Å². The molecule has 2 heterocycles. The molecule has 0 unspecified atom stereocenters. The zero-order valence-electron chi connectivity index (χ0n) is 13.3. The number of benzene rings is 1. The molecule has 1 fully saturated rings. The molecule has 0 bridgehead atoms. The monoisotopic (exact) mass is 310 g/mol. The summed E-state index contributed by atoms with van der Waals surface area (Å²) >= 11 is 0. The molecule has 1 aliphatic heterocycles. The summed E-state index contributed by atoms with van der Waals surface area (Å²) in [5.41, 5.74) is 8.57. The van der Waals surface area contributed by atoms with Gasteiger partial charge in [-0.2, -0.15) is 0 Å². The number of nitrogens with one attached hydrogen (secondary N) is 1. The van der Waals surface area contributed by atoms with Crippen LogP contribution in [0.2, 0.25) is 0 Å². The van der Waals surface area contributed by atoms with Crippen LogP contribution in [0.5, 0.6) is 0 Å². The number of hydrogen-bond donors (Lipinski definition) is 2. The highest BCUT2D eigenvalue weighted by Crippen LogP contribution is 2.24. The van der Waals surface area contributed by atoms with Crippen molar-refractivity contribution in [3.05, 3.63) is 48.3 Å². The first-order valence-corrected chi connectivity index (χ1v) is 7.99. The van der Waals surface area contributed by atoms with E-state index in [0.29, 0.717) is 11.3 Å². The fourth-order valence-electron chi connectivity index (χ4n) is 2.81. The van der Waals surface area contributed by atoms with Crippen molar-refractivity contribution in [2.24, 2.45) is 5.92 Å². The number of rotatable bonds is 3. The van der Waals surface area contributed by atoms with Crippen molar-refractivity contribution < 1.29 is 4.79 Å². The number of pyridine rings is 1. The predicted octanol–water partition coefficient (Wildman–Crippen LogP) is 3.15. The largest absolute Gasteiger partial charge is 0.397 e. The maximum atomic E-state index is 12.2. The van der Waals surface area contributed by atoms with E-state index in [1.165, 1.54) is 30.9 Å². The maximum Gasteiger partial charge on any atom is 0.257 e. The second kappa shape index (κ2) is 6.69. The number of carbonyl (C=O) groups is 1. The van der Waals surface area contributed by atoms with Crippen LogP contribution < -0.4 is 16.0 Å². The average molecular weight is 310 g/mol. The number of nitrogen functional groups attached to an aromatic ring is 1.